The van der Waals surface area contributed by atoms with Gasteiger partial charge in [-0.2, -0.15) is 0 Å². The van der Waals surface area contributed by atoms with Crippen molar-refractivity contribution in [3.8, 4) is 5.75 Å². The molecule has 0 spiro atoms. The summed E-state index contributed by atoms with van der Waals surface area (Å²) < 4.78 is 15.1. The monoisotopic (exact) mass is 425 g/mol. The molecule has 0 fully saturated rings. The SMILES string of the molecule is COc1cc2c(cc1NCc1nnc3n(C)c(=O)c4ccccc4n13)oc1ccccc12. The molecule has 3 aromatic carbocycles. The summed E-state index contributed by atoms with van der Waals surface area (Å²) in [5.74, 6) is 1.87. The minimum Gasteiger partial charge on any atom is -0.495 e. The van der Waals surface area contributed by atoms with Crippen molar-refractivity contribution in [1.29, 1.82) is 0 Å². The van der Waals surface area contributed by atoms with E-state index in [9.17, 15) is 4.79 Å². The first-order valence-corrected chi connectivity index (χ1v) is 10.2. The van der Waals surface area contributed by atoms with Crippen molar-refractivity contribution in [2.75, 3.05) is 12.4 Å². The molecule has 0 saturated heterocycles. The molecule has 6 rings (SSSR count). The topological polar surface area (TPSA) is 86.6 Å². The van der Waals surface area contributed by atoms with E-state index in [4.69, 9.17) is 9.15 Å². The maximum Gasteiger partial charge on any atom is 0.262 e. The van der Waals surface area contributed by atoms with Gasteiger partial charge in [-0.05, 0) is 24.3 Å². The molecule has 0 saturated carbocycles. The third-order valence-corrected chi connectivity index (χ3v) is 5.83. The number of hydrogen-bond donors (Lipinski definition) is 1. The number of aromatic nitrogens is 4. The highest BCUT2D eigenvalue weighted by Crippen LogP contribution is 2.36. The van der Waals surface area contributed by atoms with Gasteiger partial charge in [0.2, 0.25) is 5.78 Å². The first-order valence-electron chi connectivity index (χ1n) is 10.2. The number of hydrogen-bond acceptors (Lipinski definition) is 6. The number of aryl methyl sites for hydroxylation is 1. The number of fused-ring (bicyclic) bond motifs is 6. The number of nitrogens with one attached hydrogen (secondary N) is 1. The van der Waals surface area contributed by atoms with E-state index in [-0.39, 0.29) is 5.56 Å². The van der Waals surface area contributed by atoms with Crippen LogP contribution in [0.5, 0.6) is 5.75 Å². The fraction of sp³-hybridized carbons (Fsp3) is 0.125. The standard InChI is InChI=1S/C24H19N5O3/c1-28-23(30)15-8-3-5-9-18(15)29-22(26-27-24(28)29)13-25-17-12-20-16(11-21(17)31-2)14-7-4-6-10-19(14)32-20/h3-12,25H,13H2,1-2H3. The summed E-state index contributed by atoms with van der Waals surface area (Å²) in [6.45, 7) is 0.380. The van der Waals surface area contributed by atoms with Crippen molar-refractivity contribution in [3.05, 3.63) is 76.8 Å². The van der Waals surface area contributed by atoms with Crippen LogP contribution < -0.4 is 15.6 Å². The van der Waals surface area contributed by atoms with E-state index in [0.29, 0.717) is 29.3 Å². The zero-order valence-electron chi connectivity index (χ0n) is 17.5. The van der Waals surface area contributed by atoms with E-state index in [2.05, 4.69) is 15.5 Å². The lowest BCUT2D eigenvalue weighted by Crippen LogP contribution is -2.20. The minimum atomic E-state index is -0.1000. The van der Waals surface area contributed by atoms with Gasteiger partial charge in [0.05, 0.1) is 30.2 Å². The first kappa shape index (κ1) is 18.4. The molecular weight excluding hydrogens is 406 g/mol. The number of methoxy groups -OCH3 is 1. The number of nitrogens with zero attached hydrogens (tertiary/aromatic N) is 4. The lowest BCUT2D eigenvalue weighted by Gasteiger charge is -2.12. The Bertz CT molecular complexity index is 1710. The van der Waals surface area contributed by atoms with Gasteiger partial charge >= 0.3 is 0 Å². The summed E-state index contributed by atoms with van der Waals surface area (Å²) in [6, 6.07) is 19.3. The molecule has 0 bridgehead atoms. The highest BCUT2D eigenvalue weighted by atomic mass is 16.5. The molecule has 3 aromatic heterocycles. The van der Waals surface area contributed by atoms with Crippen LogP contribution in [0.1, 0.15) is 5.82 Å². The van der Waals surface area contributed by atoms with Crippen molar-refractivity contribution in [2.24, 2.45) is 7.05 Å². The van der Waals surface area contributed by atoms with E-state index in [0.717, 1.165) is 33.1 Å². The van der Waals surface area contributed by atoms with Crippen LogP contribution >= 0.6 is 0 Å². The quantitative estimate of drug-likeness (QED) is 0.458. The van der Waals surface area contributed by atoms with Crippen LogP contribution in [0.3, 0.4) is 0 Å². The summed E-state index contributed by atoms with van der Waals surface area (Å²) in [6.07, 6.45) is 0. The van der Waals surface area contributed by atoms with Gasteiger partial charge < -0.3 is 14.5 Å². The fourth-order valence-electron chi connectivity index (χ4n) is 4.24. The van der Waals surface area contributed by atoms with E-state index < -0.39 is 0 Å². The molecule has 8 heteroatoms. The molecule has 0 atom stereocenters. The molecule has 0 aliphatic heterocycles. The van der Waals surface area contributed by atoms with Gasteiger partial charge in [-0.3, -0.25) is 13.8 Å². The van der Waals surface area contributed by atoms with Gasteiger partial charge in [0.15, 0.2) is 5.82 Å². The molecular formula is C24H19N5O3. The third kappa shape index (κ3) is 2.59. The molecule has 8 nitrogen and oxygen atoms in total. The molecule has 0 aliphatic rings. The smallest absolute Gasteiger partial charge is 0.262 e. The van der Waals surface area contributed by atoms with Crippen LogP contribution in [0.2, 0.25) is 0 Å². The second-order valence-corrected chi connectivity index (χ2v) is 7.63. The summed E-state index contributed by atoms with van der Waals surface area (Å²) in [4.78, 5) is 12.7. The highest BCUT2D eigenvalue weighted by molar-refractivity contribution is 6.06. The van der Waals surface area contributed by atoms with Crippen LogP contribution in [-0.2, 0) is 13.6 Å². The van der Waals surface area contributed by atoms with Gasteiger partial charge in [0.25, 0.3) is 5.56 Å². The van der Waals surface area contributed by atoms with Crippen LogP contribution in [0.4, 0.5) is 5.69 Å². The van der Waals surface area contributed by atoms with Crippen molar-refractivity contribution >= 4 is 44.3 Å². The largest absolute Gasteiger partial charge is 0.495 e. The number of rotatable bonds is 4. The Morgan fingerprint density at radius 2 is 1.75 bits per heavy atom. The fourth-order valence-corrected chi connectivity index (χ4v) is 4.24. The highest BCUT2D eigenvalue weighted by Gasteiger charge is 2.16. The van der Waals surface area contributed by atoms with Crippen molar-refractivity contribution in [1.82, 2.24) is 19.2 Å². The first-order chi connectivity index (χ1) is 15.7. The molecule has 6 aromatic rings. The number of furan rings is 1. The van der Waals surface area contributed by atoms with Crippen molar-refractivity contribution in [2.45, 2.75) is 6.54 Å². The molecule has 1 N–H and O–H groups in total. The summed E-state index contributed by atoms with van der Waals surface area (Å²) in [5, 5.41) is 14.6. The maximum absolute atomic E-state index is 12.7. The molecule has 158 valence electrons. The lowest BCUT2D eigenvalue weighted by atomic mass is 10.1. The van der Waals surface area contributed by atoms with Crippen molar-refractivity contribution < 1.29 is 9.15 Å². The van der Waals surface area contributed by atoms with Crippen LogP contribution in [0.25, 0.3) is 38.6 Å². The third-order valence-electron chi connectivity index (χ3n) is 5.83. The molecule has 3 heterocycles. The van der Waals surface area contributed by atoms with Gasteiger partial charge in [0.1, 0.15) is 16.9 Å². The Labute approximate surface area is 181 Å². The normalized spacial score (nSPS) is 11.7. The predicted octanol–water partition coefficient (Wildman–Crippen LogP) is 4.10. The summed E-state index contributed by atoms with van der Waals surface area (Å²) in [7, 11) is 3.35. The Morgan fingerprint density at radius 1 is 0.969 bits per heavy atom. The second kappa shape index (κ2) is 6.84. The molecule has 0 amide bonds. The van der Waals surface area contributed by atoms with E-state index >= 15 is 0 Å². The molecule has 32 heavy (non-hydrogen) atoms. The molecule has 0 aliphatic carbocycles. The summed E-state index contributed by atoms with van der Waals surface area (Å²) in [5.41, 5.74) is 3.06. The van der Waals surface area contributed by atoms with Crippen LogP contribution in [-0.4, -0.2) is 26.3 Å². The Balaban J connectivity index is 1.45. The Hall–Kier alpha value is -4.33. The average Bonchev–Trinajstić information content (AvgIpc) is 3.41. The number of benzene rings is 3. The van der Waals surface area contributed by atoms with Crippen LogP contribution in [0, 0.1) is 0 Å². The maximum atomic E-state index is 12.7. The van der Waals surface area contributed by atoms with E-state index in [1.54, 1.807) is 14.2 Å². The number of ether oxygens (including phenoxy) is 1. The summed E-state index contributed by atoms with van der Waals surface area (Å²) >= 11 is 0. The van der Waals surface area contributed by atoms with Gasteiger partial charge in [-0.1, -0.05) is 30.3 Å². The van der Waals surface area contributed by atoms with Crippen molar-refractivity contribution in [3.63, 3.8) is 0 Å². The lowest BCUT2D eigenvalue weighted by molar-refractivity contribution is 0.417. The zero-order valence-corrected chi connectivity index (χ0v) is 17.5. The predicted molar refractivity (Wildman–Crippen MR) is 123 cm³/mol. The van der Waals surface area contributed by atoms with Gasteiger partial charge in [-0.25, -0.2) is 0 Å². The number of anilines is 1. The molecule has 0 radical (unpaired) electrons. The number of para-hydroxylation sites is 2. The second-order valence-electron chi connectivity index (χ2n) is 7.63. The zero-order chi connectivity index (χ0) is 21.8. The van der Waals surface area contributed by atoms with E-state index in [1.165, 1.54) is 4.57 Å². The Kier molecular flexibility index (Phi) is 3.94. The molecule has 0 unspecified atom stereocenters. The van der Waals surface area contributed by atoms with Gasteiger partial charge in [0, 0.05) is 23.9 Å². The van der Waals surface area contributed by atoms with E-state index in [1.807, 2.05) is 65.1 Å². The Morgan fingerprint density at radius 3 is 2.59 bits per heavy atom. The van der Waals surface area contributed by atoms with Crippen LogP contribution in [0.15, 0.2) is 69.9 Å². The van der Waals surface area contributed by atoms with Gasteiger partial charge in [-0.15, -0.1) is 10.2 Å². The average molecular weight is 425 g/mol. The minimum absolute atomic E-state index is 0.1000.